The third kappa shape index (κ3) is 5.25. The summed E-state index contributed by atoms with van der Waals surface area (Å²) in [5.74, 6) is -0.973. The first kappa shape index (κ1) is 22.4. The van der Waals surface area contributed by atoms with Crippen LogP contribution in [0.2, 0.25) is 0 Å². The quantitative estimate of drug-likeness (QED) is 0.227. The second kappa shape index (κ2) is 9.23. The van der Waals surface area contributed by atoms with Crippen molar-refractivity contribution in [1.29, 1.82) is 0 Å². The summed E-state index contributed by atoms with van der Waals surface area (Å²) < 4.78 is 63.5. The summed E-state index contributed by atoms with van der Waals surface area (Å²) in [7, 11) is -2.61. The average Bonchev–Trinajstić information content (AvgIpc) is 2.79. The Labute approximate surface area is 177 Å². The minimum atomic E-state index is -4.52. The lowest BCUT2D eigenvalue weighted by Crippen LogP contribution is -2.18. The molecule has 3 rings (SSSR count). The van der Waals surface area contributed by atoms with Crippen LogP contribution in [0.25, 0.3) is 5.76 Å². The molecule has 0 unspecified atom stereocenters. The molecule has 8 heteroatoms. The Balaban J connectivity index is 2.11. The summed E-state index contributed by atoms with van der Waals surface area (Å²) in [5.41, 5.74) is -0.714. The van der Waals surface area contributed by atoms with Crippen molar-refractivity contribution < 1.29 is 31.8 Å². The largest absolute Gasteiger partial charge is 0.466 e. The van der Waals surface area contributed by atoms with Crippen LogP contribution in [0.1, 0.15) is 11.1 Å². The lowest BCUT2D eigenvalue weighted by molar-refractivity contribution is -0.137. The molecule has 0 aliphatic rings. The van der Waals surface area contributed by atoms with Gasteiger partial charge in [0.25, 0.3) is 0 Å². The van der Waals surface area contributed by atoms with E-state index in [2.05, 4.69) is 4.74 Å². The summed E-state index contributed by atoms with van der Waals surface area (Å²) in [6.45, 7) is 0. The van der Waals surface area contributed by atoms with Crippen molar-refractivity contribution >= 4 is 29.7 Å². The fraction of sp³-hybridized carbons (Fsp3) is 0.0870. The molecule has 0 amide bonds. The van der Waals surface area contributed by atoms with E-state index in [0.29, 0.717) is 10.6 Å². The number of carbonyl (C=O) groups is 1. The highest BCUT2D eigenvalue weighted by atomic mass is 31.2. The zero-order valence-electron chi connectivity index (χ0n) is 16.4. The summed E-state index contributed by atoms with van der Waals surface area (Å²) in [4.78, 5) is 11.9. The van der Waals surface area contributed by atoms with Crippen LogP contribution in [0.4, 0.5) is 13.2 Å². The van der Waals surface area contributed by atoms with Gasteiger partial charge in [-0.2, -0.15) is 13.2 Å². The molecule has 0 N–H and O–H groups in total. The van der Waals surface area contributed by atoms with Gasteiger partial charge in [0.1, 0.15) is 5.76 Å². The van der Waals surface area contributed by atoms with Crippen molar-refractivity contribution in [2.24, 2.45) is 0 Å². The molecule has 0 heterocycles. The molecule has 3 aromatic carbocycles. The van der Waals surface area contributed by atoms with E-state index in [1.54, 1.807) is 60.7 Å². The maximum Gasteiger partial charge on any atom is 0.416 e. The summed E-state index contributed by atoms with van der Waals surface area (Å²) >= 11 is 0. The van der Waals surface area contributed by atoms with E-state index in [4.69, 9.17) is 4.52 Å². The molecule has 0 bridgehead atoms. The first-order valence-corrected chi connectivity index (χ1v) is 10.7. The summed E-state index contributed by atoms with van der Waals surface area (Å²) in [5, 5.41) is 0.729. The third-order valence-electron chi connectivity index (χ3n) is 4.37. The van der Waals surface area contributed by atoms with E-state index in [0.717, 1.165) is 37.5 Å². The van der Waals surface area contributed by atoms with Crippen molar-refractivity contribution in [3.05, 3.63) is 102 Å². The predicted octanol–water partition coefficient (Wildman–Crippen LogP) is 5.17. The van der Waals surface area contributed by atoms with Crippen LogP contribution < -0.4 is 10.6 Å². The van der Waals surface area contributed by atoms with Gasteiger partial charge in [-0.15, -0.1) is 0 Å². The van der Waals surface area contributed by atoms with Gasteiger partial charge in [0, 0.05) is 5.56 Å². The van der Waals surface area contributed by atoms with Crippen LogP contribution in [-0.4, -0.2) is 13.1 Å². The molecular weight excluding hydrogens is 428 g/mol. The van der Waals surface area contributed by atoms with Gasteiger partial charge in [0.05, 0.1) is 29.4 Å². The number of methoxy groups -OCH3 is 1. The predicted molar refractivity (Wildman–Crippen MR) is 112 cm³/mol. The summed E-state index contributed by atoms with van der Waals surface area (Å²) in [6, 6.07) is 20.8. The maximum atomic E-state index is 14.1. The molecule has 4 nitrogen and oxygen atoms in total. The Hall–Kier alpha value is -3.31. The zero-order valence-corrected chi connectivity index (χ0v) is 17.3. The number of carbonyl (C=O) groups excluding carboxylic acids is 1. The van der Waals surface area contributed by atoms with Crippen LogP contribution in [0.3, 0.4) is 0 Å². The number of benzene rings is 3. The molecule has 0 aliphatic carbocycles. The van der Waals surface area contributed by atoms with Crippen molar-refractivity contribution in [2.75, 3.05) is 7.11 Å². The lowest BCUT2D eigenvalue weighted by atomic mass is 10.1. The average molecular weight is 446 g/mol. The standard InChI is InChI=1S/C23H18F3O4P/c1-29-22(27)16-21(17-12-14-18(15-13-17)23(24,25)26)30-31(28,19-8-4-2-5-9-19)20-10-6-3-7-11-20/h2-16H,1H3/b21-16-. The molecule has 0 atom stereocenters. The number of alkyl halides is 3. The highest BCUT2D eigenvalue weighted by molar-refractivity contribution is 7.74. The molecule has 0 aromatic heterocycles. The second-order valence-corrected chi connectivity index (χ2v) is 8.74. The Kier molecular flexibility index (Phi) is 6.66. The van der Waals surface area contributed by atoms with E-state index in [1.165, 1.54) is 0 Å². The van der Waals surface area contributed by atoms with Gasteiger partial charge in [0.15, 0.2) is 0 Å². The van der Waals surface area contributed by atoms with E-state index in [9.17, 15) is 22.5 Å². The highest BCUT2D eigenvalue weighted by Crippen LogP contribution is 2.48. The van der Waals surface area contributed by atoms with E-state index in [-0.39, 0.29) is 11.3 Å². The Morgan fingerprint density at radius 2 is 1.32 bits per heavy atom. The van der Waals surface area contributed by atoms with Gasteiger partial charge in [0.2, 0.25) is 0 Å². The highest BCUT2D eigenvalue weighted by Gasteiger charge is 2.33. The molecule has 3 aromatic rings. The molecular formula is C23H18F3O4P. The topological polar surface area (TPSA) is 52.6 Å². The fourth-order valence-electron chi connectivity index (χ4n) is 2.79. The molecule has 31 heavy (non-hydrogen) atoms. The zero-order chi connectivity index (χ0) is 22.5. The van der Waals surface area contributed by atoms with Crippen molar-refractivity contribution in [3.8, 4) is 0 Å². The number of rotatable bonds is 6. The molecule has 0 aliphatic heterocycles. The summed E-state index contributed by atoms with van der Waals surface area (Å²) in [6.07, 6.45) is -3.56. The van der Waals surface area contributed by atoms with Gasteiger partial charge in [-0.25, -0.2) is 4.79 Å². The number of hydrogen-bond acceptors (Lipinski definition) is 4. The lowest BCUT2D eigenvalue weighted by Gasteiger charge is -2.22. The van der Waals surface area contributed by atoms with Crippen LogP contribution in [0.5, 0.6) is 0 Å². The Morgan fingerprint density at radius 1 is 0.839 bits per heavy atom. The van der Waals surface area contributed by atoms with Gasteiger partial charge < -0.3 is 9.26 Å². The molecule has 160 valence electrons. The minimum absolute atomic E-state index is 0.144. The minimum Gasteiger partial charge on any atom is -0.466 e. The first-order chi connectivity index (χ1) is 14.7. The smallest absolute Gasteiger partial charge is 0.416 e. The SMILES string of the molecule is COC(=O)/C=C(\OP(=O)(c1ccccc1)c1ccccc1)c1ccc(C(F)(F)F)cc1. The van der Waals surface area contributed by atoms with Gasteiger partial charge in [-0.05, 0) is 36.4 Å². The molecule has 0 radical (unpaired) electrons. The van der Waals surface area contributed by atoms with E-state index >= 15 is 0 Å². The monoisotopic (exact) mass is 446 g/mol. The molecule has 0 fully saturated rings. The fourth-order valence-corrected chi connectivity index (χ4v) is 4.87. The number of ether oxygens (including phenoxy) is 1. The van der Waals surface area contributed by atoms with Gasteiger partial charge in [-0.3, -0.25) is 4.57 Å². The number of hydrogen-bond donors (Lipinski definition) is 0. The van der Waals surface area contributed by atoms with Gasteiger partial charge in [-0.1, -0.05) is 48.5 Å². The molecule has 0 saturated heterocycles. The first-order valence-electron chi connectivity index (χ1n) is 9.12. The Morgan fingerprint density at radius 3 is 1.74 bits per heavy atom. The van der Waals surface area contributed by atoms with Crippen LogP contribution >= 0.6 is 7.37 Å². The second-order valence-electron chi connectivity index (χ2n) is 6.42. The number of halogens is 3. The van der Waals surface area contributed by atoms with Crippen molar-refractivity contribution in [1.82, 2.24) is 0 Å². The maximum absolute atomic E-state index is 14.1. The van der Waals surface area contributed by atoms with Crippen LogP contribution in [0.15, 0.2) is 91.0 Å². The Bertz CT molecular complexity index is 1070. The molecule has 0 saturated carbocycles. The van der Waals surface area contributed by atoms with Gasteiger partial charge >= 0.3 is 19.5 Å². The normalized spacial score (nSPS) is 12.3. The van der Waals surface area contributed by atoms with Crippen molar-refractivity contribution in [3.63, 3.8) is 0 Å². The number of esters is 1. The van der Waals surface area contributed by atoms with Crippen molar-refractivity contribution in [2.45, 2.75) is 6.18 Å². The van der Waals surface area contributed by atoms with E-state index < -0.39 is 25.1 Å². The third-order valence-corrected chi connectivity index (χ3v) is 6.78. The van der Waals surface area contributed by atoms with Crippen LogP contribution in [-0.2, 0) is 24.8 Å². The van der Waals surface area contributed by atoms with E-state index in [1.807, 2.05) is 0 Å². The molecule has 0 spiro atoms. The van der Waals surface area contributed by atoms with Crippen LogP contribution in [0, 0.1) is 0 Å².